The molecular formula is C33H31ClN2O6S. The Morgan fingerprint density at radius 2 is 1.81 bits per heavy atom. The maximum Gasteiger partial charge on any atom is 0.271 e. The average molecular weight is 619 g/mol. The first-order chi connectivity index (χ1) is 20.7. The van der Waals surface area contributed by atoms with Gasteiger partial charge in [-0.2, -0.15) is 0 Å². The minimum Gasteiger partial charge on any atom is -0.497 e. The van der Waals surface area contributed by atoms with Crippen LogP contribution in [0, 0.1) is 0 Å². The van der Waals surface area contributed by atoms with Gasteiger partial charge in [-0.1, -0.05) is 47.2 Å². The van der Waals surface area contributed by atoms with Crippen LogP contribution in [0.1, 0.15) is 43.5 Å². The monoisotopic (exact) mass is 618 g/mol. The van der Waals surface area contributed by atoms with Crippen molar-refractivity contribution in [2.24, 2.45) is 4.99 Å². The Kier molecular flexibility index (Phi) is 9.03. The van der Waals surface area contributed by atoms with Crippen LogP contribution in [0.5, 0.6) is 23.0 Å². The number of thiazole rings is 1. The van der Waals surface area contributed by atoms with E-state index in [0.717, 1.165) is 11.1 Å². The van der Waals surface area contributed by atoms with Crippen LogP contribution >= 0.6 is 22.9 Å². The Balaban J connectivity index is 1.58. The molecule has 8 nitrogen and oxygen atoms in total. The topological polar surface area (TPSA) is 88.3 Å². The number of halogens is 1. The van der Waals surface area contributed by atoms with Crippen LogP contribution in [-0.2, 0) is 11.4 Å². The lowest BCUT2D eigenvalue weighted by Crippen LogP contribution is -2.39. The number of aromatic nitrogens is 1. The van der Waals surface area contributed by atoms with Crippen molar-refractivity contribution in [3.63, 3.8) is 0 Å². The van der Waals surface area contributed by atoms with Crippen molar-refractivity contribution in [1.29, 1.82) is 0 Å². The summed E-state index contributed by atoms with van der Waals surface area (Å²) in [6.45, 7) is 5.88. The normalized spacial score (nSPS) is 14.7. The van der Waals surface area contributed by atoms with E-state index in [1.807, 2.05) is 55.5 Å². The minimum atomic E-state index is -0.712. The summed E-state index contributed by atoms with van der Waals surface area (Å²) in [6.07, 6.45) is 1.79. The number of ether oxygens (including phenoxy) is 4. The van der Waals surface area contributed by atoms with E-state index in [1.54, 1.807) is 43.9 Å². The number of ketones is 1. The number of Topliss-reactive ketones (excluding diaryl/α,β-unsaturated/α-hetero) is 1. The van der Waals surface area contributed by atoms with Gasteiger partial charge in [-0.25, -0.2) is 4.99 Å². The van der Waals surface area contributed by atoms with Crippen LogP contribution in [0.25, 0.3) is 6.08 Å². The van der Waals surface area contributed by atoms with Crippen LogP contribution in [0.3, 0.4) is 0 Å². The lowest BCUT2D eigenvalue weighted by atomic mass is 9.92. The summed E-state index contributed by atoms with van der Waals surface area (Å²) in [5, 5.41) is 0.626. The van der Waals surface area contributed by atoms with Crippen LogP contribution in [0.4, 0.5) is 0 Å². The van der Waals surface area contributed by atoms with E-state index >= 15 is 0 Å². The fourth-order valence-corrected chi connectivity index (χ4v) is 6.27. The summed E-state index contributed by atoms with van der Waals surface area (Å²) >= 11 is 7.55. The van der Waals surface area contributed by atoms with Crippen molar-refractivity contribution < 1.29 is 23.7 Å². The molecule has 10 heteroatoms. The van der Waals surface area contributed by atoms with Gasteiger partial charge < -0.3 is 18.9 Å². The average Bonchev–Trinajstić information content (AvgIpc) is 3.30. The number of rotatable bonds is 10. The zero-order valence-electron chi connectivity index (χ0n) is 24.5. The second-order valence-corrected chi connectivity index (χ2v) is 11.2. The summed E-state index contributed by atoms with van der Waals surface area (Å²) in [7, 11) is 3.11. The summed E-state index contributed by atoms with van der Waals surface area (Å²) in [4.78, 5) is 32.0. The van der Waals surface area contributed by atoms with E-state index < -0.39 is 6.04 Å². The summed E-state index contributed by atoms with van der Waals surface area (Å²) in [6, 6.07) is 17.6. The molecule has 3 aromatic carbocycles. The summed E-state index contributed by atoms with van der Waals surface area (Å²) in [5.74, 6) is 2.04. The molecule has 1 aromatic heterocycles. The first-order valence-corrected chi connectivity index (χ1v) is 14.8. The highest BCUT2D eigenvalue weighted by atomic mass is 35.5. The van der Waals surface area contributed by atoms with Crippen LogP contribution < -0.4 is 33.8 Å². The second kappa shape index (κ2) is 12.9. The number of methoxy groups -OCH3 is 2. The van der Waals surface area contributed by atoms with Crippen LogP contribution in [0.2, 0.25) is 5.02 Å². The van der Waals surface area contributed by atoms with Gasteiger partial charge in [0.1, 0.15) is 18.1 Å². The first kappa shape index (κ1) is 30.1. The molecule has 5 rings (SSSR count). The molecule has 0 radical (unpaired) electrons. The molecule has 0 amide bonds. The summed E-state index contributed by atoms with van der Waals surface area (Å²) in [5.41, 5.74) is 2.99. The fraction of sp³-hybridized carbons (Fsp3) is 0.242. The molecule has 0 unspecified atom stereocenters. The highest BCUT2D eigenvalue weighted by Crippen LogP contribution is 2.37. The maximum atomic E-state index is 14.0. The van der Waals surface area contributed by atoms with Gasteiger partial charge in [0.2, 0.25) is 0 Å². The molecule has 4 aromatic rings. The van der Waals surface area contributed by atoms with Gasteiger partial charge in [0, 0.05) is 33.5 Å². The van der Waals surface area contributed by atoms with E-state index in [-0.39, 0.29) is 17.9 Å². The summed E-state index contributed by atoms with van der Waals surface area (Å²) < 4.78 is 25.0. The smallest absolute Gasteiger partial charge is 0.271 e. The van der Waals surface area contributed by atoms with Gasteiger partial charge >= 0.3 is 0 Å². The minimum absolute atomic E-state index is 0.174. The standard InChI is InChI=1S/C33H31ClN2O6S/c1-6-41-28-15-21(11-14-26(28)42-18-22-9-7-8-10-25(22)34)16-29-32(38)36-31(24-13-12-23(39-4)17-27(24)40-5)30(20(3)37)19(2)35-33(36)43-29/h7-17,31H,6,18H2,1-5H3/t31-/m0/s1. The zero-order valence-corrected chi connectivity index (χ0v) is 26.0. The van der Waals surface area contributed by atoms with Gasteiger partial charge in [-0.05, 0) is 62.7 Å². The predicted molar refractivity (Wildman–Crippen MR) is 167 cm³/mol. The Hall–Kier alpha value is -4.34. The van der Waals surface area contributed by atoms with E-state index in [9.17, 15) is 9.59 Å². The first-order valence-electron chi connectivity index (χ1n) is 13.6. The number of benzene rings is 3. The molecule has 0 saturated heterocycles. The van der Waals surface area contributed by atoms with Crippen molar-refractivity contribution >= 4 is 34.8 Å². The molecule has 0 spiro atoms. The molecular weight excluding hydrogens is 588 g/mol. The van der Waals surface area contributed by atoms with Crippen LogP contribution in [-0.4, -0.2) is 31.2 Å². The SMILES string of the molecule is CCOc1cc(C=c2sc3n(c2=O)[C@@H](c2ccc(OC)cc2OC)C(C(C)=O)=C(C)N=3)ccc1OCc1ccccc1Cl. The Bertz CT molecular complexity index is 1910. The molecule has 1 aliphatic heterocycles. The van der Waals surface area contributed by atoms with Gasteiger partial charge in [-0.15, -0.1) is 0 Å². The van der Waals surface area contributed by atoms with Crippen molar-refractivity contribution in [2.45, 2.75) is 33.4 Å². The van der Waals surface area contributed by atoms with E-state index in [2.05, 4.69) is 4.99 Å². The lowest BCUT2D eigenvalue weighted by molar-refractivity contribution is -0.114. The van der Waals surface area contributed by atoms with Crippen molar-refractivity contribution in [2.75, 3.05) is 20.8 Å². The highest BCUT2D eigenvalue weighted by molar-refractivity contribution is 7.07. The number of fused-ring (bicyclic) bond motifs is 1. The number of carbonyl (C=O) groups excluding carboxylic acids is 1. The van der Waals surface area contributed by atoms with E-state index in [0.29, 0.717) is 60.8 Å². The van der Waals surface area contributed by atoms with Gasteiger partial charge in [0.25, 0.3) is 5.56 Å². The molecule has 0 saturated carbocycles. The fourth-order valence-electron chi connectivity index (χ4n) is 5.03. The van der Waals surface area contributed by atoms with E-state index in [1.165, 1.54) is 18.3 Å². The number of allylic oxidation sites excluding steroid dienone is 2. The van der Waals surface area contributed by atoms with Gasteiger partial charge in [0.15, 0.2) is 22.1 Å². The van der Waals surface area contributed by atoms with Gasteiger partial charge in [-0.3, -0.25) is 14.2 Å². The quantitative estimate of drug-likeness (QED) is 0.234. The second-order valence-electron chi connectivity index (χ2n) is 9.77. The lowest BCUT2D eigenvalue weighted by Gasteiger charge is -2.26. The maximum absolute atomic E-state index is 14.0. The number of hydrogen-bond donors (Lipinski definition) is 0. The molecule has 1 atom stereocenters. The largest absolute Gasteiger partial charge is 0.497 e. The molecule has 2 heterocycles. The Labute approximate surface area is 258 Å². The zero-order chi connectivity index (χ0) is 30.7. The Morgan fingerprint density at radius 1 is 1.02 bits per heavy atom. The molecule has 0 fully saturated rings. The predicted octanol–water partition coefficient (Wildman–Crippen LogP) is 5.47. The molecule has 222 valence electrons. The van der Waals surface area contributed by atoms with E-state index in [4.69, 9.17) is 30.5 Å². The number of carbonyl (C=O) groups is 1. The highest BCUT2D eigenvalue weighted by Gasteiger charge is 2.32. The third-order valence-corrected chi connectivity index (χ3v) is 8.39. The molecule has 1 aliphatic rings. The van der Waals surface area contributed by atoms with Crippen molar-refractivity contribution in [3.8, 4) is 23.0 Å². The third-order valence-electron chi connectivity index (χ3n) is 7.04. The molecule has 43 heavy (non-hydrogen) atoms. The van der Waals surface area contributed by atoms with Crippen molar-refractivity contribution in [3.05, 3.63) is 113 Å². The molecule has 0 N–H and O–H groups in total. The van der Waals surface area contributed by atoms with Gasteiger partial charge in [0.05, 0.1) is 31.4 Å². The Morgan fingerprint density at radius 3 is 2.51 bits per heavy atom. The number of nitrogens with zero attached hydrogens (tertiary/aromatic N) is 2. The number of hydrogen-bond acceptors (Lipinski definition) is 8. The molecule has 0 aliphatic carbocycles. The third kappa shape index (κ3) is 6.09. The van der Waals surface area contributed by atoms with Crippen LogP contribution in [0.15, 0.2) is 81.7 Å². The van der Waals surface area contributed by atoms with Crippen molar-refractivity contribution in [1.82, 2.24) is 4.57 Å². The molecule has 0 bridgehead atoms.